The lowest BCUT2D eigenvalue weighted by Gasteiger charge is -2.13. The number of likely N-dealkylation sites (tertiary alicyclic amines) is 1. The van der Waals surface area contributed by atoms with E-state index in [-0.39, 0.29) is 62.7 Å². The second-order valence-corrected chi connectivity index (χ2v) is 6.77. The van der Waals surface area contributed by atoms with E-state index in [1.54, 1.807) is 6.92 Å². The third-order valence-electron chi connectivity index (χ3n) is 4.17. The van der Waals surface area contributed by atoms with Gasteiger partial charge in [0.25, 0.3) is 0 Å². The third-order valence-corrected chi connectivity index (χ3v) is 4.17. The summed E-state index contributed by atoms with van der Waals surface area (Å²) < 4.78 is 0. The molecule has 0 aromatic heterocycles. The summed E-state index contributed by atoms with van der Waals surface area (Å²) in [5.74, 6) is -2.56. The van der Waals surface area contributed by atoms with Crippen molar-refractivity contribution < 1.29 is 28.8 Å². The first-order valence-electron chi connectivity index (χ1n) is 11.7. The molecule has 1 atom stereocenters. The van der Waals surface area contributed by atoms with Crippen molar-refractivity contribution in [1.82, 2.24) is 26.2 Å². The van der Waals surface area contributed by atoms with Crippen molar-refractivity contribution >= 4 is 35.4 Å². The van der Waals surface area contributed by atoms with E-state index in [2.05, 4.69) is 21.3 Å². The molecule has 0 aromatic carbocycles. The first kappa shape index (κ1) is 32.2. The van der Waals surface area contributed by atoms with Gasteiger partial charge in [0.1, 0.15) is 0 Å². The fourth-order valence-electron chi connectivity index (χ4n) is 2.56. The second kappa shape index (κ2) is 19.7. The topological polar surface area (TPSA) is 154 Å². The quantitative estimate of drug-likeness (QED) is 0.296. The highest BCUT2D eigenvalue weighted by Gasteiger charge is 2.34. The Kier molecular flexibility index (Phi) is 19.2. The number of imide groups is 1. The summed E-state index contributed by atoms with van der Waals surface area (Å²) in [5, 5.41) is 9.69. The second-order valence-electron chi connectivity index (χ2n) is 6.77. The van der Waals surface area contributed by atoms with Gasteiger partial charge >= 0.3 is 0 Å². The van der Waals surface area contributed by atoms with Gasteiger partial charge in [0.15, 0.2) is 0 Å². The molecule has 6 amide bonds. The zero-order chi connectivity index (χ0) is 25.8. The van der Waals surface area contributed by atoms with Crippen molar-refractivity contribution in [3.05, 3.63) is 0 Å². The molecule has 1 saturated heterocycles. The molecule has 1 heterocycles. The van der Waals surface area contributed by atoms with Gasteiger partial charge in [-0.05, 0) is 12.8 Å². The Bertz CT molecular complexity index is 653. The van der Waals surface area contributed by atoms with Crippen LogP contribution in [-0.2, 0) is 28.8 Å². The van der Waals surface area contributed by atoms with Gasteiger partial charge in [0, 0.05) is 31.8 Å². The van der Waals surface area contributed by atoms with Crippen molar-refractivity contribution in [3.63, 3.8) is 0 Å². The lowest BCUT2D eigenvalue weighted by molar-refractivity contribution is -0.139. The van der Waals surface area contributed by atoms with Crippen LogP contribution in [0.4, 0.5) is 0 Å². The van der Waals surface area contributed by atoms with E-state index in [1.807, 2.05) is 34.6 Å². The number of amides is 6. The van der Waals surface area contributed by atoms with Crippen LogP contribution in [0.15, 0.2) is 0 Å². The summed E-state index contributed by atoms with van der Waals surface area (Å²) in [6, 6.07) is 0. The molecule has 0 spiro atoms. The molecular formula is C22H41N5O6. The Labute approximate surface area is 196 Å². The molecular weight excluding hydrogens is 430 g/mol. The fraction of sp³-hybridized carbons (Fsp3) is 0.727. The molecule has 0 radical (unpaired) electrons. The summed E-state index contributed by atoms with van der Waals surface area (Å²) in [7, 11) is 0. The van der Waals surface area contributed by atoms with E-state index < -0.39 is 17.7 Å². The number of nitrogens with zero attached hydrogens (tertiary/aromatic N) is 1. The predicted octanol–water partition coefficient (Wildman–Crippen LogP) is 0.0888. The van der Waals surface area contributed by atoms with E-state index in [0.29, 0.717) is 13.0 Å². The van der Waals surface area contributed by atoms with Gasteiger partial charge < -0.3 is 21.3 Å². The Balaban J connectivity index is 0. The molecule has 11 heteroatoms. The van der Waals surface area contributed by atoms with E-state index in [4.69, 9.17) is 0 Å². The molecule has 190 valence electrons. The molecule has 1 rings (SSSR count). The molecule has 33 heavy (non-hydrogen) atoms. The summed E-state index contributed by atoms with van der Waals surface area (Å²) >= 11 is 0. The Morgan fingerprint density at radius 1 is 0.818 bits per heavy atom. The van der Waals surface area contributed by atoms with Crippen molar-refractivity contribution in [3.8, 4) is 0 Å². The normalized spacial score (nSPS) is 14.2. The maximum Gasteiger partial charge on any atom is 0.239 e. The van der Waals surface area contributed by atoms with Crippen LogP contribution >= 0.6 is 0 Å². The standard InChI is InChI=1S/C18H29N5O6.2C2H6/c1-3-6-19-14(25)9-21-16(27)11-22-15(26)10-20-13(24)5-4-7-23-17(28)8-12(2)18(23)29;2*1-2/h12H,3-11H2,1-2H3,(H,19,25)(H,20,24)(H,21,27)(H,22,26);2*1-2H3. The molecule has 1 aliphatic heterocycles. The third kappa shape index (κ3) is 14.7. The summed E-state index contributed by atoms with van der Waals surface area (Å²) in [6.45, 7) is 11.5. The predicted molar refractivity (Wildman–Crippen MR) is 125 cm³/mol. The monoisotopic (exact) mass is 471 g/mol. The minimum absolute atomic E-state index is 0.0616. The van der Waals surface area contributed by atoms with Crippen LogP contribution < -0.4 is 21.3 Å². The first-order valence-corrected chi connectivity index (χ1v) is 11.7. The van der Waals surface area contributed by atoms with Crippen LogP contribution in [0.5, 0.6) is 0 Å². The number of carbonyl (C=O) groups excluding carboxylic acids is 6. The number of rotatable bonds is 12. The molecule has 0 bridgehead atoms. The van der Waals surface area contributed by atoms with Crippen LogP contribution in [0.2, 0.25) is 0 Å². The maximum atomic E-state index is 11.8. The van der Waals surface area contributed by atoms with Gasteiger partial charge in [-0.1, -0.05) is 41.5 Å². The maximum absolute atomic E-state index is 11.8. The molecule has 1 fully saturated rings. The van der Waals surface area contributed by atoms with Gasteiger partial charge in [-0.25, -0.2) is 0 Å². The lowest BCUT2D eigenvalue weighted by atomic mass is 10.1. The van der Waals surface area contributed by atoms with Crippen molar-refractivity contribution in [1.29, 1.82) is 0 Å². The SMILES string of the molecule is CC.CC.CCCNC(=O)CNC(=O)CNC(=O)CNC(=O)CCCN1C(=O)CC(C)C1=O. The Hall–Kier alpha value is -2.98. The van der Waals surface area contributed by atoms with Gasteiger partial charge in [0.2, 0.25) is 35.4 Å². The molecule has 1 aliphatic rings. The average molecular weight is 472 g/mol. The smallest absolute Gasteiger partial charge is 0.239 e. The lowest BCUT2D eigenvalue weighted by Crippen LogP contribution is -2.44. The molecule has 4 N–H and O–H groups in total. The molecule has 0 saturated carbocycles. The van der Waals surface area contributed by atoms with Gasteiger partial charge in [-0.3, -0.25) is 33.7 Å². The van der Waals surface area contributed by atoms with E-state index >= 15 is 0 Å². The Morgan fingerprint density at radius 3 is 1.70 bits per heavy atom. The molecule has 11 nitrogen and oxygen atoms in total. The highest BCUT2D eigenvalue weighted by molar-refractivity contribution is 6.03. The summed E-state index contributed by atoms with van der Waals surface area (Å²) in [6.07, 6.45) is 1.35. The Morgan fingerprint density at radius 2 is 1.27 bits per heavy atom. The fourth-order valence-corrected chi connectivity index (χ4v) is 2.56. The van der Waals surface area contributed by atoms with Crippen molar-refractivity contribution in [2.75, 3.05) is 32.7 Å². The zero-order valence-corrected chi connectivity index (χ0v) is 20.8. The first-order chi connectivity index (χ1) is 15.7. The van der Waals surface area contributed by atoms with Crippen molar-refractivity contribution in [2.24, 2.45) is 5.92 Å². The van der Waals surface area contributed by atoms with Crippen LogP contribution in [0.25, 0.3) is 0 Å². The summed E-state index contributed by atoms with van der Waals surface area (Å²) in [4.78, 5) is 70.9. The molecule has 1 unspecified atom stereocenters. The van der Waals surface area contributed by atoms with E-state index in [0.717, 1.165) is 11.3 Å². The highest BCUT2D eigenvalue weighted by atomic mass is 16.2. The van der Waals surface area contributed by atoms with Crippen LogP contribution in [-0.4, -0.2) is 73.1 Å². The highest BCUT2D eigenvalue weighted by Crippen LogP contribution is 2.18. The van der Waals surface area contributed by atoms with E-state index in [1.165, 1.54) is 0 Å². The van der Waals surface area contributed by atoms with Gasteiger partial charge in [0.05, 0.1) is 19.6 Å². The average Bonchev–Trinajstić information content (AvgIpc) is 3.07. The van der Waals surface area contributed by atoms with Crippen molar-refractivity contribution in [2.45, 2.75) is 67.2 Å². The largest absolute Gasteiger partial charge is 0.355 e. The number of hydrogen-bond donors (Lipinski definition) is 4. The van der Waals surface area contributed by atoms with Crippen LogP contribution in [0.1, 0.15) is 67.2 Å². The van der Waals surface area contributed by atoms with Gasteiger partial charge in [-0.15, -0.1) is 0 Å². The number of nitrogens with one attached hydrogen (secondary N) is 4. The molecule has 0 aromatic rings. The van der Waals surface area contributed by atoms with Crippen LogP contribution in [0.3, 0.4) is 0 Å². The number of carbonyl (C=O) groups is 6. The number of hydrogen-bond acceptors (Lipinski definition) is 6. The van der Waals surface area contributed by atoms with Crippen LogP contribution in [0, 0.1) is 5.92 Å². The minimum Gasteiger partial charge on any atom is -0.355 e. The van der Waals surface area contributed by atoms with Gasteiger partial charge in [-0.2, -0.15) is 0 Å². The zero-order valence-electron chi connectivity index (χ0n) is 20.8. The minimum atomic E-state index is -0.553. The molecule has 0 aliphatic carbocycles. The van der Waals surface area contributed by atoms with E-state index in [9.17, 15) is 28.8 Å². The summed E-state index contributed by atoms with van der Waals surface area (Å²) in [5.41, 5.74) is 0.